The van der Waals surface area contributed by atoms with Crippen LogP contribution in [0, 0.1) is 6.92 Å². The molecule has 0 radical (unpaired) electrons. The number of hydrogen-bond donors (Lipinski definition) is 2. The Morgan fingerprint density at radius 1 is 1.14 bits per heavy atom. The van der Waals surface area contributed by atoms with Crippen molar-refractivity contribution in [3.8, 4) is 0 Å². The number of nitrogens with zero attached hydrogens (tertiary/aromatic N) is 2. The van der Waals surface area contributed by atoms with Gasteiger partial charge < -0.3 is 0 Å². The molecule has 2 aromatic carbocycles. The smallest absolute Gasteiger partial charge is 0.252 e. The van der Waals surface area contributed by atoms with Crippen LogP contribution in [0.1, 0.15) is 11.3 Å². The standard InChI is InChI=1S/C16H14N4O/c1-11-8-15(21)19-16(18-11)20-17-10-12-6-7-13-4-2-3-5-14(13)9-12/h2-10H,1H3,(H2,18,19,20,21)/b17-10-. The Bertz CT molecular complexity index is 867. The lowest BCUT2D eigenvalue weighted by Gasteiger charge is -2.01. The lowest BCUT2D eigenvalue weighted by molar-refractivity contribution is 1.04. The third kappa shape index (κ3) is 3.14. The second-order valence-corrected chi connectivity index (χ2v) is 4.71. The first-order chi connectivity index (χ1) is 10.2. The van der Waals surface area contributed by atoms with Gasteiger partial charge >= 0.3 is 0 Å². The van der Waals surface area contributed by atoms with Crippen molar-refractivity contribution in [1.82, 2.24) is 9.97 Å². The fourth-order valence-corrected chi connectivity index (χ4v) is 2.09. The van der Waals surface area contributed by atoms with Gasteiger partial charge in [-0.3, -0.25) is 9.78 Å². The van der Waals surface area contributed by atoms with Crippen LogP contribution in [-0.4, -0.2) is 16.2 Å². The molecule has 0 aliphatic heterocycles. The van der Waals surface area contributed by atoms with Crippen LogP contribution in [-0.2, 0) is 0 Å². The first-order valence-electron chi connectivity index (χ1n) is 6.56. The molecule has 2 N–H and O–H groups in total. The molecule has 0 bridgehead atoms. The summed E-state index contributed by atoms with van der Waals surface area (Å²) in [5.41, 5.74) is 4.13. The number of hydrogen-bond acceptors (Lipinski definition) is 4. The SMILES string of the molecule is Cc1cc(=O)[nH]c(N/N=C\c2ccc3ccccc3c2)n1. The molecule has 0 saturated carbocycles. The molecule has 0 fully saturated rings. The summed E-state index contributed by atoms with van der Waals surface area (Å²) in [6, 6.07) is 15.6. The zero-order valence-electron chi connectivity index (χ0n) is 11.5. The molecule has 21 heavy (non-hydrogen) atoms. The highest BCUT2D eigenvalue weighted by Gasteiger charge is 1.96. The van der Waals surface area contributed by atoms with Gasteiger partial charge in [-0.1, -0.05) is 36.4 Å². The van der Waals surface area contributed by atoms with E-state index >= 15 is 0 Å². The molecule has 104 valence electrons. The summed E-state index contributed by atoms with van der Waals surface area (Å²) in [7, 11) is 0. The number of nitrogens with one attached hydrogen (secondary N) is 2. The lowest BCUT2D eigenvalue weighted by Crippen LogP contribution is -2.10. The van der Waals surface area contributed by atoms with E-state index < -0.39 is 0 Å². The van der Waals surface area contributed by atoms with E-state index in [1.165, 1.54) is 11.5 Å². The number of aryl methyl sites for hydroxylation is 1. The number of rotatable bonds is 3. The summed E-state index contributed by atoms with van der Waals surface area (Å²) in [4.78, 5) is 18.0. The van der Waals surface area contributed by atoms with Crippen LogP contribution in [0.3, 0.4) is 0 Å². The summed E-state index contributed by atoms with van der Waals surface area (Å²) < 4.78 is 0. The van der Waals surface area contributed by atoms with E-state index in [0.717, 1.165) is 10.9 Å². The van der Waals surface area contributed by atoms with Gasteiger partial charge in [-0.2, -0.15) is 5.10 Å². The monoisotopic (exact) mass is 278 g/mol. The van der Waals surface area contributed by atoms with E-state index in [2.05, 4.69) is 32.6 Å². The van der Waals surface area contributed by atoms with Crippen LogP contribution in [0.5, 0.6) is 0 Å². The van der Waals surface area contributed by atoms with Crippen LogP contribution in [0.4, 0.5) is 5.95 Å². The minimum atomic E-state index is -0.203. The molecule has 3 rings (SSSR count). The number of aromatic nitrogens is 2. The molecule has 0 aliphatic rings. The number of anilines is 1. The van der Waals surface area contributed by atoms with E-state index in [4.69, 9.17) is 0 Å². The molecule has 1 aromatic heterocycles. The molecule has 0 spiro atoms. The van der Waals surface area contributed by atoms with Gasteiger partial charge in [0.15, 0.2) is 0 Å². The van der Waals surface area contributed by atoms with Gasteiger partial charge in [0.05, 0.1) is 6.21 Å². The number of H-pyrrole nitrogens is 1. The van der Waals surface area contributed by atoms with Crippen molar-refractivity contribution < 1.29 is 0 Å². The Kier molecular flexibility index (Phi) is 3.47. The topological polar surface area (TPSA) is 70.1 Å². The van der Waals surface area contributed by atoms with Crippen LogP contribution in [0.2, 0.25) is 0 Å². The molecule has 0 saturated heterocycles. The molecule has 0 aliphatic carbocycles. The quantitative estimate of drug-likeness (QED) is 0.571. The molecule has 0 unspecified atom stereocenters. The van der Waals surface area contributed by atoms with Crippen LogP contribution in [0.15, 0.2) is 58.4 Å². The second-order valence-electron chi connectivity index (χ2n) is 4.71. The van der Waals surface area contributed by atoms with Crippen molar-refractivity contribution >= 4 is 22.9 Å². The van der Waals surface area contributed by atoms with E-state index in [1.54, 1.807) is 13.1 Å². The summed E-state index contributed by atoms with van der Waals surface area (Å²) in [6.07, 6.45) is 1.69. The number of hydrazone groups is 1. The van der Waals surface area contributed by atoms with Crippen molar-refractivity contribution in [3.05, 3.63) is 70.1 Å². The third-order valence-electron chi connectivity index (χ3n) is 3.03. The van der Waals surface area contributed by atoms with Crippen molar-refractivity contribution in [2.45, 2.75) is 6.92 Å². The highest BCUT2D eigenvalue weighted by molar-refractivity contribution is 5.90. The number of benzene rings is 2. The fraction of sp³-hybridized carbons (Fsp3) is 0.0625. The summed E-state index contributed by atoms with van der Waals surface area (Å²) in [5, 5.41) is 6.44. The lowest BCUT2D eigenvalue weighted by atomic mass is 10.1. The van der Waals surface area contributed by atoms with E-state index in [-0.39, 0.29) is 5.56 Å². The van der Waals surface area contributed by atoms with Gasteiger partial charge in [0.25, 0.3) is 5.56 Å². The van der Waals surface area contributed by atoms with E-state index in [9.17, 15) is 4.79 Å². The molecule has 5 nitrogen and oxygen atoms in total. The number of fused-ring (bicyclic) bond motifs is 1. The van der Waals surface area contributed by atoms with Crippen LogP contribution >= 0.6 is 0 Å². The normalized spacial score (nSPS) is 11.1. The predicted octanol–water partition coefficient (Wildman–Crippen LogP) is 2.68. The first-order valence-corrected chi connectivity index (χ1v) is 6.56. The minimum Gasteiger partial charge on any atom is -0.291 e. The summed E-state index contributed by atoms with van der Waals surface area (Å²) >= 11 is 0. The zero-order valence-corrected chi connectivity index (χ0v) is 11.5. The van der Waals surface area contributed by atoms with Gasteiger partial charge in [0.2, 0.25) is 5.95 Å². The van der Waals surface area contributed by atoms with Gasteiger partial charge in [0, 0.05) is 11.8 Å². The number of aromatic amines is 1. The van der Waals surface area contributed by atoms with Crippen molar-refractivity contribution in [3.63, 3.8) is 0 Å². The van der Waals surface area contributed by atoms with Gasteiger partial charge in [-0.25, -0.2) is 10.4 Å². The zero-order chi connectivity index (χ0) is 14.7. The largest absolute Gasteiger partial charge is 0.291 e. The molecule has 0 amide bonds. The van der Waals surface area contributed by atoms with E-state index in [1.807, 2.05) is 30.3 Å². The Balaban J connectivity index is 1.79. The first kappa shape index (κ1) is 13.1. The average molecular weight is 278 g/mol. The predicted molar refractivity (Wildman–Crippen MR) is 84.8 cm³/mol. The molecular formula is C16H14N4O. The Morgan fingerprint density at radius 3 is 2.76 bits per heavy atom. The molecule has 0 atom stereocenters. The fourth-order valence-electron chi connectivity index (χ4n) is 2.09. The minimum absolute atomic E-state index is 0.203. The summed E-state index contributed by atoms with van der Waals surface area (Å²) in [5.74, 6) is 0.331. The highest BCUT2D eigenvalue weighted by Crippen LogP contribution is 2.14. The molecule has 1 heterocycles. The summed E-state index contributed by atoms with van der Waals surface area (Å²) in [6.45, 7) is 1.76. The average Bonchev–Trinajstić information content (AvgIpc) is 2.46. The van der Waals surface area contributed by atoms with E-state index in [0.29, 0.717) is 11.6 Å². The Hall–Kier alpha value is -2.95. The van der Waals surface area contributed by atoms with Gasteiger partial charge in [-0.05, 0) is 29.3 Å². The van der Waals surface area contributed by atoms with Gasteiger partial charge in [-0.15, -0.1) is 0 Å². The van der Waals surface area contributed by atoms with Crippen LogP contribution < -0.4 is 11.0 Å². The molecule has 5 heteroatoms. The maximum Gasteiger partial charge on any atom is 0.252 e. The second kappa shape index (κ2) is 5.58. The molecule has 3 aromatic rings. The van der Waals surface area contributed by atoms with Crippen molar-refractivity contribution in [2.75, 3.05) is 5.43 Å². The Morgan fingerprint density at radius 2 is 1.95 bits per heavy atom. The molecular weight excluding hydrogens is 264 g/mol. The Labute approximate surface area is 121 Å². The third-order valence-corrected chi connectivity index (χ3v) is 3.03. The van der Waals surface area contributed by atoms with Crippen molar-refractivity contribution in [2.24, 2.45) is 5.10 Å². The maximum absolute atomic E-state index is 11.3. The maximum atomic E-state index is 11.3. The highest BCUT2D eigenvalue weighted by atomic mass is 16.1. The van der Waals surface area contributed by atoms with Gasteiger partial charge in [0.1, 0.15) is 0 Å². The van der Waals surface area contributed by atoms with Crippen molar-refractivity contribution in [1.29, 1.82) is 0 Å². The van der Waals surface area contributed by atoms with Crippen LogP contribution in [0.25, 0.3) is 10.8 Å².